The Morgan fingerprint density at radius 1 is 1.26 bits per heavy atom. The molecule has 0 saturated carbocycles. The maximum absolute atomic E-state index is 10.4. The largest absolute Gasteiger partial charge is 0.507 e. The molecule has 0 amide bonds. The molecule has 19 heavy (non-hydrogen) atoms. The summed E-state index contributed by atoms with van der Waals surface area (Å²) in [5, 5.41) is 10.4. The fourth-order valence-electron chi connectivity index (χ4n) is 1.90. The predicted octanol–water partition coefficient (Wildman–Crippen LogP) is 2.98. The van der Waals surface area contributed by atoms with E-state index in [1.165, 1.54) is 0 Å². The first-order valence-electron chi connectivity index (χ1n) is 6.70. The molecule has 106 valence electrons. The van der Waals surface area contributed by atoms with Gasteiger partial charge in [0.15, 0.2) is 0 Å². The van der Waals surface area contributed by atoms with E-state index in [1.54, 1.807) is 6.21 Å². The van der Waals surface area contributed by atoms with Gasteiger partial charge in [0.1, 0.15) is 5.75 Å². The predicted molar refractivity (Wildman–Crippen MR) is 82.6 cm³/mol. The fraction of sp³-hybridized carbons (Fsp3) is 0.562. The number of aryl methyl sites for hydroxylation is 1. The van der Waals surface area contributed by atoms with Gasteiger partial charge >= 0.3 is 0 Å². The lowest BCUT2D eigenvalue weighted by Crippen LogP contribution is -2.15. The second kappa shape index (κ2) is 6.20. The van der Waals surface area contributed by atoms with E-state index in [2.05, 4.69) is 30.7 Å². The van der Waals surface area contributed by atoms with Gasteiger partial charge in [0.2, 0.25) is 0 Å². The van der Waals surface area contributed by atoms with Gasteiger partial charge in [-0.15, -0.1) is 0 Å². The average molecular weight is 262 g/mol. The van der Waals surface area contributed by atoms with Crippen molar-refractivity contribution in [2.75, 3.05) is 27.2 Å². The molecule has 3 nitrogen and oxygen atoms in total. The summed E-state index contributed by atoms with van der Waals surface area (Å²) in [7, 11) is 4.05. The Bertz CT molecular complexity index is 457. The monoisotopic (exact) mass is 262 g/mol. The van der Waals surface area contributed by atoms with Gasteiger partial charge in [0, 0.05) is 23.9 Å². The van der Waals surface area contributed by atoms with Gasteiger partial charge in [0.25, 0.3) is 0 Å². The topological polar surface area (TPSA) is 35.8 Å². The molecule has 0 saturated heterocycles. The number of phenols is 1. The molecule has 0 spiro atoms. The van der Waals surface area contributed by atoms with Gasteiger partial charge in [-0.25, -0.2) is 0 Å². The van der Waals surface area contributed by atoms with Crippen molar-refractivity contribution in [1.82, 2.24) is 4.90 Å². The van der Waals surface area contributed by atoms with Crippen LogP contribution in [0.5, 0.6) is 5.75 Å². The smallest absolute Gasteiger partial charge is 0.128 e. The van der Waals surface area contributed by atoms with Gasteiger partial charge < -0.3 is 10.0 Å². The zero-order chi connectivity index (χ0) is 14.6. The lowest BCUT2D eigenvalue weighted by atomic mass is 9.84. The maximum Gasteiger partial charge on any atom is 0.128 e. The molecule has 3 heteroatoms. The van der Waals surface area contributed by atoms with Crippen LogP contribution in [0.2, 0.25) is 0 Å². The minimum absolute atomic E-state index is 0.0671. The second-order valence-corrected chi connectivity index (χ2v) is 6.34. The summed E-state index contributed by atoms with van der Waals surface area (Å²) in [4.78, 5) is 6.47. The standard InChI is InChI=1S/C16H26N2O/c1-12-9-13(11-17-7-8-18(5)6)15(19)14(10-12)16(2,3)4/h9-11,19H,7-8H2,1-6H3/b17-11+. The summed E-state index contributed by atoms with van der Waals surface area (Å²) in [5.41, 5.74) is 2.87. The molecule has 1 N–H and O–H groups in total. The van der Waals surface area contributed by atoms with Crippen molar-refractivity contribution in [3.8, 4) is 5.75 Å². The van der Waals surface area contributed by atoms with Gasteiger partial charge in [-0.05, 0) is 38.1 Å². The highest BCUT2D eigenvalue weighted by Gasteiger charge is 2.20. The molecule has 0 heterocycles. The summed E-state index contributed by atoms with van der Waals surface area (Å²) < 4.78 is 0. The van der Waals surface area contributed by atoms with Crippen LogP contribution in [0, 0.1) is 6.92 Å². The van der Waals surface area contributed by atoms with Crippen LogP contribution in [0.15, 0.2) is 17.1 Å². The highest BCUT2D eigenvalue weighted by Crippen LogP contribution is 2.33. The molecule has 0 radical (unpaired) electrons. The highest BCUT2D eigenvalue weighted by molar-refractivity contribution is 5.84. The fourth-order valence-corrected chi connectivity index (χ4v) is 1.90. The number of nitrogens with zero attached hydrogens (tertiary/aromatic N) is 2. The van der Waals surface area contributed by atoms with Crippen LogP contribution in [-0.4, -0.2) is 43.4 Å². The summed E-state index contributed by atoms with van der Waals surface area (Å²) in [6.07, 6.45) is 1.78. The molecule has 0 fully saturated rings. The summed E-state index contributed by atoms with van der Waals surface area (Å²) in [6.45, 7) is 10.0. The van der Waals surface area contributed by atoms with Crippen molar-refractivity contribution in [2.24, 2.45) is 4.99 Å². The number of hydrogen-bond acceptors (Lipinski definition) is 3. The minimum atomic E-state index is -0.0671. The van der Waals surface area contributed by atoms with Crippen LogP contribution >= 0.6 is 0 Å². The SMILES string of the molecule is Cc1cc(/C=N/CCN(C)C)c(O)c(C(C)(C)C)c1. The molecule has 1 aromatic carbocycles. The summed E-state index contributed by atoms with van der Waals surface area (Å²) in [6, 6.07) is 4.02. The lowest BCUT2D eigenvalue weighted by molar-refractivity contribution is 0.420. The third-order valence-electron chi connectivity index (χ3n) is 3.00. The number of rotatable bonds is 4. The van der Waals surface area contributed by atoms with Crippen LogP contribution in [-0.2, 0) is 5.41 Å². The molecule has 0 aliphatic rings. The van der Waals surface area contributed by atoms with Crippen LogP contribution in [0.4, 0.5) is 0 Å². The summed E-state index contributed by atoms with van der Waals surface area (Å²) in [5.74, 6) is 0.353. The van der Waals surface area contributed by atoms with Gasteiger partial charge in [-0.3, -0.25) is 4.99 Å². The molecule has 0 aliphatic carbocycles. The molecule has 0 atom stereocenters. The number of phenolic OH excluding ortho intramolecular Hbond substituents is 1. The third kappa shape index (κ3) is 4.67. The van der Waals surface area contributed by atoms with Crippen molar-refractivity contribution >= 4 is 6.21 Å². The van der Waals surface area contributed by atoms with Crippen molar-refractivity contribution < 1.29 is 5.11 Å². The van der Waals surface area contributed by atoms with Gasteiger partial charge in [0.05, 0.1) is 6.54 Å². The number of aliphatic imine (C=N–C) groups is 1. The number of benzene rings is 1. The Balaban J connectivity index is 2.99. The van der Waals surface area contributed by atoms with E-state index in [0.29, 0.717) is 5.75 Å². The van der Waals surface area contributed by atoms with Crippen molar-refractivity contribution in [1.29, 1.82) is 0 Å². The van der Waals surface area contributed by atoms with E-state index in [1.807, 2.05) is 33.2 Å². The van der Waals surface area contributed by atoms with Crippen molar-refractivity contribution in [3.05, 3.63) is 28.8 Å². The normalized spacial score (nSPS) is 12.6. The Labute approximate surface area is 117 Å². The lowest BCUT2D eigenvalue weighted by Gasteiger charge is -2.22. The number of likely N-dealkylation sites (N-methyl/N-ethyl adjacent to an activating group) is 1. The summed E-state index contributed by atoms with van der Waals surface area (Å²) >= 11 is 0. The van der Waals surface area contributed by atoms with E-state index < -0.39 is 0 Å². The van der Waals surface area contributed by atoms with Crippen LogP contribution in [0.1, 0.15) is 37.5 Å². The Kier molecular flexibility index (Phi) is 5.12. The zero-order valence-corrected chi connectivity index (χ0v) is 13.0. The molecule has 0 unspecified atom stereocenters. The maximum atomic E-state index is 10.4. The van der Waals surface area contributed by atoms with Crippen LogP contribution < -0.4 is 0 Å². The third-order valence-corrected chi connectivity index (χ3v) is 3.00. The van der Waals surface area contributed by atoms with Crippen molar-refractivity contribution in [3.63, 3.8) is 0 Å². The van der Waals surface area contributed by atoms with Crippen LogP contribution in [0.3, 0.4) is 0 Å². The minimum Gasteiger partial charge on any atom is -0.507 e. The second-order valence-electron chi connectivity index (χ2n) is 6.34. The molecular formula is C16H26N2O. The van der Waals surface area contributed by atoms with E-state index >= 15 is 0 Å². The first-order chi connectivity index (χ1) is 8.71. The zero-order valence-electron chi connectivity index (χ0n) is 13.0. The molecule has 0 aliphatic heterocycles. The quantitative estimate of drug-likeness (QED) is 0.847. The Morgan fingerprint density at radius 2 is 1.89 bits per heavy atom. The molecular weight excluding hydrogens is 236 g/mol. The number of aromatic hydroxyl groups is 1. The molecule has 1 aromatic rings. The Hall–Kier alpha value is -1.35. The van der Waals surface area contributed by atoms with E-state index in [9.17, 15) is 5.11 Å². The van der Waals surface area contributed by atoms with Crippen LogP contribution in [0.25, 0.3) is 0 Å². The molecule has 0 aromatic heterocycles. The highest BCUT2D eigenvalue weighted by atomic mass is 16.3. The average Bonchev–Trinajstić information content (AvgIpc) is 2.26. The van der Waals surface area contributed by atoms with E-state index in [4.69, 9.17) is 0 Å². The van der Waals surface area contributed by atoms with Gasteiger partial charge in [-0.2, -0.15) is 0 Å². The first kappa shape index (κ1) is 15.7. The van der Waals surface area contributed by atoms with Gasteiger partial charge in [-0.1, -0.05) is 26.8 Å². The number of hydrogen-bond donors (Lipinski definition) is 1. The molecule has 0 bridgehead atoms. The van der Waals surface area contributed by atoms with E-state index in [0.717, 1.165) is 29.8 Å². The van der Waals surface area contributed by atoms with Crippen molar-refractivity contribution in [2.45, 2.75) is 33.1 Å². The molecule has 1 rings (SSSR count). The first-order valence-corrected chi connectivity index (χ1v) is 6.70. The Morgan fingerprint density at radius 3 is 2.42 bits per heavy atom. The van der Waals surface area contributed by atoms with E-state index in [-0.39, 0.29) is 5.41 Å².